The molecule has 0 amide bonds. The number of ether oxygens (including phenoxy) is 1. The zero-order chi connectivity index (χ0) is 14.5. The van der Waals surface area contributed by atoms with E-state index in [0.717, 1.165) is 22.9 Å². The highest BCUT2D eigenvalue weighted by Crippen LogP contribution is 2.24. The summed E-state index contributed by atoms with van der Waals surface area (Å²) in [5, 5.41) is 5.30. The van der Waals surface area contributed by atoms with Crippen molar-refractivity contribution in [2.24, 2.45) is 5.92 Å². The molecule has 2 aromatic rings. The van der Waals surface area contributed by atoms with Crippen molar-refractivity contribution >= 4 is 16.7 Å². The minimum Gasteiger partial charge on any atom is -0.468 e. The Morgan fingerprint density at radius 3 is 2.75 bits per heavy atom. The Morgan fingerprint density at radius 2 is 2.05 bits per heavy atom. The second kappa shape index (κ2) is 6.48. The van der Waals surface area contributed by atoms with E-state index in [9.17, 15) is 4.79 Å². The average Bonchev–Trinajstić information content (AvgIpc) is 2.47. The predicted octanol–water partition coefficient (Wildman–Crippen LogP) is 2.69. The van der Waals surface area contributed by atoms with Crippen LogP contribution < -0.4 is 5.32 Å². The van der Waals surface area contributed by atoms with Crippen LogP contribution in [0.2, 0.25) is 0 Å². The number of aromatic nitrogens is 1. The number of fused-ring (bicyclic) bond motifs is 1. The SMILES string of the molecule is COC(=O)C(NCC(C)C)c1cncc2ccccc12. The number of carbonyl (C=O) groups excluding carboxylic acids is 1. The first kappa shape index (κ1) is 14.5. The third-order valence-corrected chi connectivity index (χ3v) is 3.18. The van der Waals surface area contributed by atoms with Gasteiger partial charge in [-0.25, -0.2) is 4.79 Å². The molecule has 0 aliphatic carbocycles. The molecule has 0 radical (unpaired) electrons. The molecule has 1 heterocycles. The minimum atomic E-state index is -0.485. The highest BCUT2D eigenvalue weighted by atomic mass is 16.5. The summed E-state index contributed by atoms with van der Waals surface area (Å²) in [6, 6.07) is 7.42. The van der Waals surface area contributed by atoms with Crippen LogP contribution >= 0.6 is 0 Å². The quantitative estimate of drug-likeness (QED) is 0.850. The van der Waals surface area contributed by atoms with Gasteiger partial charge in [-0.15, -0.1) is 0 Å². The molecule has 0 aliphatic rings. The zero-order valence-corrected chi connectivity index (χ0v) is 12.1. The lowest BCUT2D eigenvalue weighted by Gasteiger charge is -2.19. The molecule has 0 bridgehead atoms. The predicted molar refractivity (Wildman–Crippen MR) is 79.3 cm³/mol. The first-order valence-corrected chi connectivity index (χ1v) is 6.77. The molecule has 1 aromatic heterocycles. The van der Waals surface area contributed by atoms with Crippen molar-refractivity contribution in [1.82, 2.24) is 10.3 Å². The minimum absolute atomic E-state index is 0.288. The fourth-order valence-electron chi connectivity index (χ4n) is 2.16. The van der Waals surface area contributed by atoms with Gasteiger partial charge in [-0.3, -0.25) is 4.98 Å². The molecule has 0 saturated heterocycles. The van der Waals surface area contributed by atoms with Crippen LogP contribution in [0.25, 0.3) is 10.8 Å². The van der Waals surface area contributed by atoms with Gasteiger partial charge >= 0.3 is 5.97 Å². The van der Waals surface area contributed by atoms with Gasteiger partial charge in [-0.05, 0) is 17.8 Å². The van der Waals surface area contributed by atoms with Gasteiger partial charge in [-0.2, -0.15) is 0 Å². The number of nitrogens with zero attached hydrogens (tertiary/aromatic N) is 1. The van der Waals surface area contributed by atoms with E-state index in [1.54, 1.807) is 12.4 Å². The number of benzene rings is 1. The molecule has 1 aromatic carbocycles. The van der Waals surface area contributed by atoms with Gasteiger partial charge in [0, 0.05) is 23.3 Å². The maximum atomic E-state index is 12.1. The van der Waals surface area contributed by atoms with Crippen LogP contribution in [-0.2, 0) is 9.53 Å². The largest absolute Gasteiger partial charge is 0.468 e. The lowest BCUT2D eigenvalue weighted by molar-refractivity contribution is -0.143. The van der Waals surface area contributed by atoms with Gasteiger partial charge in [0.1, 0.15) is 6.04 Å². The van der Waals surface area contributed by atoms with Crippen molar-refractivity contribution in [3.8, 4) is 0 Å². The van der Waals surface area contributed by atoms with E-state index in [-0.39, 0.29) is 5.97 Å². The number of esters is 1. The van der Waals surface area contributed by atoms with Crippen LogP contribution in [0.15, 0.2) is 36.7 Å². The number of pyridine rings is 1. The summed E-state index contributed by atoms with van der Waals surface area (Å²) >= 11 is 0. The molecular formula is C16H20N2O2. The van der Waals surface area contributed by atoms with Crippen LogP contribution in [-0.4, -0.2) is 24.6 Å². The molecule has 106 valence electrons. The topological polar surface area (TPSA) is 51.2 Å². The fraction of sp³-hybridized carbons (Fsp3) is 0.375. The van der Waals surface area contributed by atoms with E-state index in [4.69, 9.17) is 4.74 Å². The molecule has 4 nitrogen and oxygen atoms in total. The van der Waals surface area contributed by atoms with Crippen molar-refractivity contribution in [1.29, 1.82) is 0 Å². The highest BCUT2D eigenvalue weighted by molar-refractivity contribution is 5.90. The Morgan fingerprint density at radius 1 is 1.30 bits per heavy atom. The molecule has 20 heavy (non-hydrogen) atoms. The third kappa shape index (κ3) is 3.14. The van der Waals surface area contributed by atoms with Crippen LogP contribution in [0.5, 0.6) is 0 Å². The molecule has 4 heteroatoms. The van der Waals surface area contributed by atoms with E-state index in [1.807, 2.05) is 24.3 Å². The summed E-state index contributed by atoms with van der Waals surface area (Å²) in [5.74, 6) is 0.161. The number of hydrogen-bond acceptors (Lipinski definition) is 4. The van der Waals surface area contributed by atoms with Crippen molar-refractivity contribution in [2.45, 2.75) is 19.9 Å². The van der Waals surface area contributed by atoms with Gasteiger partial charge < -0.3 is 10.1 Å². The van der Waals surface area contributed by atoms with E-state index in [1.165, 1.54) is 7.11 Å². The van der Waals surface area contributed by atoms with Crippen molar-refractivity contribution in [3.63, 3.8) is 0 Å². The summed E-state index contributed by atoms with van der Waals surface area (Å²) in [4.78, 5) is 16.3. The van der Waals surface area contributed by atoms with Crippen molar-refractivity contribution < 1.29 is 9.53 Å². The molecule has 0 spiro atoms. The van der Waals surface area contributed by atoms with Crippen LogP contribution in [0.1, 0.15) is 25.5 Å². The summed E-state index contributed by atoms with van der Waals surface area (Å²) in [7, 11) is 1.41. The highest BCUT2D eigenvalue weighted by Gasteiger charge is 2.23. The van der Waals surface area contributed by atoms with E-state index >= 15 is 0 Å². The molecule has 0 saturated carbocycles. The van der Waals surface area contributed by atoms with Crippen LogP contribution in [0.3, 0.4) is 0 Å². The average molecular weight is 272 g/mol. The monoisotopic (exact) mass is 272 g/mol. The van der Waals surface area contributed by atoms with E-state index in [2.05, 4.69) is 24.1 Å². The smallest absolute Gasteiger partial charge is 0.327 e. The van der Waals surface area contributed by atoms with Gasteiger partial charge in [-0.1, -0.05) is 38.1 Å². The Bertz CT molecular complexity index is 591. The van der Waals surface area contributed by atoms with E-state index in [0.29, 0.717) is 5.92 Å². The molecule has 1 unspecified atom stereocenters. The number of hydrogen-bond donors (Lipinski definition) is 1. The van der Waals surface area contributed by atoms with Gasteiger partial charge in [0.2, 0.25) is 0 Å². The normalized spacial score (nSPS) is 12.6. The van der Waals surface area contributed by atoms with Gasteiger partial charge in [0.05, 0.1) is 7.11 Å². The molecule has 0 fully saturated rings. The maximum Gasteiger partial charge on any atom is 0.327 e. The van der Waals surface area contributed by atoms with Gasteiger partial charge in [0.15, 0.2) is 0 Å². The summed E-state index contributed by atoms with van der Waals surface area (Å²) in [6.45, 7) is 4.94. The van der Waals surface area contributed by atoms with Crippen LogP contribution in [0, 0.1) is 5.92 Å². The summed E-state index contributed by atoms with van der Waals surface area (Å²) in [6.07, 6.45) is 3.53. The third-order valence-electron chi connectivity index (χ3n) is 3.18. The fourth-order valence-corrected chi connectivity index (χ4v) is 2.16. The maximum absolute atomic E-state index is 12.1. The van der Waals surface area contributed by atoms with Crippen molar-refractivity contribution in [2.75, 3.05) is 13.7 Å². The molecule has 2 rings (SSSR count). The first-order chi connectivity index (χ1) is 9.63. The zero-order valence-electron chi connectivity index (χ0n) is 12.1. The second-order valence-electron chi connectivity index (χ2n) is 5.21. The molecule has 1 N–H and O–H groups in total. The van der Waals surface area contributed by atoms with Crippen LogP contribution in [0.4, 0.5) is 0 Å². The Kier molecular flexibility index (Phi) is 4.69. The first-order valence-electron chi connectivity index (χ1n) is 6.77. The number of nitrogens with one attached hydrogen (secondary N) is 1. The second-order valence-corrected chi connectivity index (χ2v) is 5.21. The van der Waals surface area contributed by atoms with E-state index < -0.39 is 6.04 Å². The summed E-state index contributed by atoms with van der Waals surface area (Å²) in [5.41, 5.74) is 0.857. The summed E-state index contributed by atoms with van der Waals surface area (Å²) < 4.78 is 4.92. The van der Waals surface area contributed by atoms with Crippen molar-refractivity contribution in [3.05, 3.63) is 42.2 Å². The number of carbonyl (C=O) groups is 1. The molecule has 1 atom stereocenters. The number of methoxy groups -OCH3 is 1. The molecule has 0 aliphatic heterocycles. The Hall–Kier alpha value is -1.94. The Balaban J connectivity index is 2.42. The van der Waals surface area contributed by atoms with Gasteiger partial charge in [0.25, 0.3) is 0 Å². The lowest BCUT2D eigenvalue weighted by Crippen LogP contribution is -2.32. The Labute approximate surface area is 119 Å². The lowest BCUT2D eigenvalue weighted by atomic mass is 10.0. The number of rotatable bonds is 5. The standard InChI is InChI=1S/C16H20N2O2/c1-11(2)8-18-15(16(19)20-3)14-10-17-9-12-6-4-5-7-13(12)14/h4-7,9-11,15,18H,8H2,1-3H3. The molecular weight excluding hydrogens is 252 g/mol.